The lowest BCUT2D eigenvalue weighted by Gasteiger charge is -2.28. The number of sulfonamides is 1. The van der Waals surface area contributed by atoms with Crippen LogP contribution in [-0.2, 0) is 27.8 Å². The van der Waals surface area contributed by atoms with E-state index in [0.717, 1.165) is 11.1 Å². The number of hydrogen-bond acceptors (Lipinski definition) is 4. The van der Waals surface area contributed by atoms with E-state index in [9.17, 15) is 18.3 Å². The van der Waals surface area contributed by atoms with Gasteiger partial charge in [-0.15, -0.1) is 0 Å². The van der Waals surface area contributed by atoms with E-state index >= 15 is 0 Å². The first kappa shape index (κ1) is 21.1. The minimum absolute atomic E-state index is 0.000235. The fraction of sp³-hybridized carbons (Fsp3) is 0.350. The molecular formula is C20H25NO5S. The van der Waals surface area contributed by atoms with Gasteiger partial charge in [-0.2, -0.15) is 4.31 Å². The average Bonchev–Trinajstić information content (AvgIpc) is 2.65. The van der Waals surface area contributed by atoms with Crippen molar-refractivity contribution in [2.75, 3.05) is 6.61 Å². The first-order valence-electron chi connectivity index (χ1n) is 8.82. The van der Waals surface area contributed by atoms with Gasteiger partial charge >= 0.3 is 5.97 Å². The lowest BCUT2D eigenvalue weighted by Crippen LogP contribution is -2.38. The first-order valence-corrected chi connectivity index (χ1v) is 10.3. The van der Waals surface area contributed by atoms with Crippen molar-refractivity contribution in [2.45, 2.75) is 43.7 Å². The second-order valence-electron chi connectivity index (χ2n) is 6.43. The van der Waals surface area contributed by atoms with Crippen molar-refractivity contribution in [3.63, 3.8) is 0 Å². The molecule has 0 aliphatic carbocycles. The molecule has 7 heteroatoms. The average molecular weight is 391 g/mol. The molecule has 146 valence electrons. The maximum atomic E-state index is 13.2. The predicted octanol–water partition coefficient (Wildman–Crippen LogP) is 2.67. The Morgan fingerprint density at radius 2 is 1.67 bits per heavy atom. The Morgan fingerprint density at radius 3 is 2.22 bits per heavy atom. The van der Waals surface area contributed by atoms with Crippen LogP contribution in [0.3, 0.4) is 0 Å². The van der Waals surface area contributed by atoms with Crippen molar-refractivity contribution in [1.82, 2.24) is 4.31 Å². The Hall–Kier alpha value is -2.22. The molecular weight excluding hydrogens is 366 g/mol. The summed E-state index contributed by atoms with van der Waals surface area (Å²) in [6.07, 6.45) is 0.687. The number of carbonyl (C=O) groups is 1. The van der Waals surface area contributed by atoms with Crippen molar-refractivity contribution in [3.8, 4) is 0 Å². The maximum absolute atomic E-state index is 13.2. The topological polar surface area (TPSA) is 94.9 Å². The summed E-state index contributed by atoms with van der Waals surface area (Å²) >= 11 is 0. The van der Waals surface area contributed by atoms with Gasteiger partial charge in [-0.05, 0) is 43.0 Å². The highest BCUT2D eigenvalue weighted by molar-refractivity contribution is 7.89. The summed E-state index contributed by atoms with van der Waals surface area (Å²) in [6.45, 7) is 1.89. The number of carboxylic acids is 1. The zero-order chi connectivity index (χ0) is 19.9. The molecule has 0 aliphatic rings. The van der Waals surface area contributed by atoms with Gasteiger partial charge in [-0.25, -0.2) is 8.42 Å². The fourth-order valence-corrected chi connectivity index (χ4v) is 4.44. The summed E-state index contributed by atoms with van der Waals surface area (Å²) in [5.74, 6) is -0.890. The monoisotopic (exact) mass is 391 g/mol. The van der Waals surface area contributed by atoms with Gasteiger partial charge in [0.05, 0.1) is 4.90 Å². The molecule has 0 bridgehead atoms. The summed E-state index contributed by atoms with van der Waals surface area (Å²) in [7, 11) is -3.76. The molecule has 0 aromatic heterocycles. The number of aliphatic carboxylic acids is 1. The van der Waals surface area contributed by atoms with Crippen LogP contribution in [0.4, 0.5) is 0 Å². The minimum atomic E-state index is -3.76. The highest BCUT2D eigenvalue weighted by atomic mass is 32.2. The highest BCUT2D eigenvalue weighted by Gasteiger charge is 2.29. The van der Waals surface area contributed by atoms with Gasteiger partial charge in [0.25, 0.3) is 0 Å². The van der Waals surface area contributed by atoms with E-state index in [0.29, 0.717) is 12.8 Å². The van der Waals surface area contributed by atoms with Crippen LogP contribution in [0.2, 0.25) is 0 Å². The van der Waals surface area contributed by atoms with Gasteiger partial charge in [0.1, 0.15) is 0 Å². The molecule has 0 amide bonds. The van der Waals surface area contributed by atoms with Crippen LogP contribution < -0.4 is 0 Å². The molecule has 0 spiro atoms. The molecule has 1 atom stereocenters. The Kier molecular flexibility index (Phi) is 7.53. The molecule has 1 unspecified atom stereocenters. The van der Waals surface area contributed by atoms with Gasteiger partial charge in [0.2, 0.25) is 10.0 Å². The number of hydrogen-bond donors (Lipinski definition) is 2. The van der Waals surface area contributed by atoms with Crippen molar-refractivity contribution in [3.05, 3.63) is 65.7 Å². The van der Waals surface area contributed by atoms with Crippen LogP contribution >= 0.6 is 0 Å². The normalized spacial score (nSPS) is 12.9. The number of carboxylic acid groups (broad SMARTS) is 1. The summed E-state index contributed by atoms with van der Waals surface area (Å²) in [6, 6.07) is 15.3. The van der Waals surface area contributed by atoms with Gasteiger partial charge in [0.15, 0.2) is 0 Å². The number of rotatable bonds is 10. The second kappa shape index (κ2) is 9.64. The van der Waals surface area contributed by atoms with E-state index < -0.39 is 16.0 Å². The summed E-state index contributed by atoms with van der Waals surface area (Å²) in [5, 5.41) is 18.0. The smallest absolute Gasteiger partial charge is 0.303 e. The molecule has 0 radical (unpaired) electrons. The highest BCUT2D eigenvalue weighted by Crippen LogP contribution is 2.23. The number of aryl methyl sites for hydroxylation is 1. The van der Waals surface area contributed by atoms with Crippen LogP contribution in [0, 0.1) is 0 Å². The lowest BCUT2D eigenvalue weighted by molar-refractivity contribution is -0.136. The molecule has 0 saturated heterocycles. The van der Waals surface area contributed by atoms with Gasteiger partial charge in [0, 0.05) is 25.6 Å². The molecule has 0 fully saturated rings. The molecule has 0 saturated carbocycles. The largest absolute Gasteiger partial charge is 0.481 e. The van der Waals surface area contributed by atoms with Crippen LogP contribution in [0.25, 0.3) is 0 Å². The van der Waals surface area contributed by atoms with E-state index in [1.165, 1.54) is 16.4 Å². The second-order valence-corrected chi connectivity index (χ2v) is 8.33. The molecule has 27 heavy (non-hydrogen) atoms. The lowest BCUT2D eigenvalue weighted by atomic mass is 10.1. The SMILES string of the molecule is CC(CCO)N(Cc1ccccc1)S(=O)(=O)c1ccc(CCC(=O)O)cc1. The first-order chi connectivity index (χ1) is 12.8. The van der Waals surface area contributed by atoms with Gasteiger partial charge < -0.3 is 10.2 Å². The van der Waals surface area contributed by atoms with Crippen LogP contribution in [-0.4, -0.2) is 41.6 Å². The number of nitrogens with zero attached hydrogens (tertiary/aromatic N) is 1. The molecule has 2 aromatic rings. The predicted molar refractivity (Wildman–Crippen MR) is 103 cm³/mol. The van der Waals surface area contributed by atoms with Crippen LogP contribution in [0.1, 0.15) is 30.9 Å². The Morgan fingerprint density at radius 1 is 1.04 bits per heavy atom. The van der Waals surface area contributed by atoms with E-state index in [1.807, 2.05) is 30.3 Å². The summed E-state index contributed by atoms with van der Waals surface area (Å²) in [5.41, 5.74) is 1.64. The summed E-state index contributed by atoms with van der Waals surface area (Å²) < 4.78 is 27.8. The fourth-order valence-electron chi connectivity index (χ4n) is 2.79. The van der Waals surface area contributed by atoms with E-state index in [1.54, 1.807) is 19.1 Å². The number of aliphatic hydroxyl groups excluding tert-OH is 1. The Bertz CT molecular complexity index is 834. The Labute approximate surface area is 160 Å². The quantitative estimate of drug-likeness (QED) is 0.649. The molecule has 0 heterocycles. The minimum Gasteiger partial charge on any atom is -0.481 e. The van der Waals surface area contributed by atoms with Crippen molar-refractivity contribution in [2.24, 2.45) is 0 Å². The standard InChI is InChI=1S/C20H25NO5S/c1-16(13-14-22)21(15-18-5-3-2-4-6-18)27(25,26)19-10-7-17(8-11-19)9-12-20(23)24/h2-8,10-11,16,22H,9,12-15H2,1H3,(H,23,24). The molecule has 6 nitrogen and oxygen atoms in total. The molecule has 2 aromatic carbocycles. The summed E-state index contributed by atoms with van der Waals surface area (Å²) in [4.78, 5) is 10.8. The molecule has 2 rings (SSSR count). The van der Waals surface area contributed by atoms with E-state index in [-0.39, 0.29) is 30.5 Å². The van der Waals surface area contributed by atoms with Gasteiger partial charge in [-0.1, -0.05) is 42.5 Å². The van der Waals surface area contributed by atoms with Gasteiger partial charge in [-0.3, -0.25) is 4.79 Å². The van der Waals surface area contributed by atoms with Crippen molar-refractivity contribution < 1.29 is 23.4 Å². The number of benzene rings is 2. The zero-order valence-corrected chi connectivity index (χ0v) is 16.1. The van der Waals surface area contributed by atoms with Crippen LogP contribution in [0.15, 0.2) is 59.5 Å². The number of aliphatic hydroxyl groups is 1. The maximum Gasteiger partial charge on any atom is 0.303 e. The third-order valence-corrected chi connectivity index (χ3v) is 6.35. The van der Waals surface area contributed by atoms with Crippen LogP contribution in [0.5, 0.6) is 0 Å². The third kappa shape index (κ3) is 5.89. The third-order valence-electron chi connectivity index (χ3n) is 4.38. The van der Waals surface area contributed by atoms with Crippen molar-refractivity contribution in [1.29, 1.82) is 0 Å². The Balaban J connectivity index is 2.27. The van der Waals surface area contributed by atoms with E-state index in [2.05, 4.69) is 0 Å². The van der Waals surface area contributed by atoms with Crippen molar-refractivity contribution >= 4 is 16.0 Å². The zero-order valence-electron chi connectivity index (χ0n) is 15.3. The molecule has 2 N–H and O–H groups in total. The van der Waals surface area contributed by atoms with E-state index in [4.69, 9.17) is 5.11 Å². The molecule has 0 aliphatic heterocycles.